The number of carbonyl (C=O) groups is 3. The van der Waals surface area contributed by atoms with Crippen molar-refractivity contribution in [1.29, 1.82) is 0 Å². The second kappa shape index (κ2) is 9.41. The Morgan fingerprint density at radius 3 is 2.64 bits per heavy atom. The first kappa shape index (κ1) is 21.7. The van der Waals surface area contributed by atoms with Crippen molar-refractivity contribution in [2.24, 2.45) is 11.8 Å². The van der Waals surface area contributed by atoms with E-state index in [9.17, 15) is 14.4 Å². The highest BCUT2D eigenvalue weighted by atomic mass is 16.3. The fourth-order valence-corrected chi connectivity index (χ4v) is 5.67. The molecule has 3 atom stereocenters. The highest BCUT2D eigenvalue weighted by Gasteiger charge is 2.47. The summed E-state index contributed by atoms with van der Waals surface area (Å²) in [7, 11) is 0. The zero-order chi connectivity index (χ0) is 22.8. The van der Waals surface area contributed by atoms with Gasteiger partial charge in [0.05, 0.1) is 12.2 Å². The molecule has 5 rings (SSSR count). The van der Waals surface area contributed by atoms with Gasteiger partial charge < -0.3 is 19.5 Å². The maximum absolute atomic E-state index is 13.5. The van der Waals surface area contributed by atoms with Crippen LogP contribution in [0.2, 0.25) is 0 Å². The molecule has 0 radical (unpaired) electrons. The normalized spacial score (nSPS) is 25.7. The first-order valence-corrected chi connectivity index (χ1v) is 12.1. The molecule has 7 heteroatoms. The van der Waals surface area contributed by atoms with E-state index < -0.39 is 0 Å². The Labute approximate surface area is 194 Å². The van der Waals surface area contributed by atoms with Crippen molar-refractivity contribution in [1.82, 2.24) is 15.1 Å². The van der Waals surface area contributed by atoms with Gasteiger partial charge in [-0.2, -0.15) is 0 Å². The zero-order valence-corrected chi connectivity index (χ0v) is 18.9. The topological polar surface area (TPSA) is 82.9 Å². The minimum absolute atomic E-state index is 0.0431. The number of furan rings is 1. The molecule has 3 heterocycles. The van der Waals surface area contributed by atoms with Crippen LogP contribution >= 0.6 is 0 Å². The van der Waals surface area contributed by atoms with Gasteiger partial charge in [0.25, 0.3) is 5.91 Å². The molecule has 1 saturated carbocycles. The van der Waals surface area contributed by atoms with E-state index in [2.05, 4.69) is 17.4 Å². The van der Waals surface area contributed by atoms with E-state index in [0.29, 0.717) is 39.0 Å². The molecule has 1 N–H and O–H groups in total. The van der Waals surface area contributed by atoms with E-state index in [1.54, 1.807) is 17.0 Å². The third-order valence-electron chi connectivity index (χ3n) is 7.43. The van der Waals surface area contributed by atoms with Gasteiger partial charge >= 0.3 is 0 Å². The molecule has 1 aromatic heterocycles. The highest BCUT2D eigenvalue weighted by Crippen LogP contribution is 2.38. The third kappa shape index (κ3) is 4.41. The van der Waals surface area contributed by atoms with Gasteiger partial charge in [0.2, 0.25) is 11.8 Å². The second-order valence-electron chi connectivity index (χ2n) is 9.45. The van der Waals surface area contributed by atoms with Crippen LogP contribution in [0.25, 0.3) is 0 Å². The Bertz CT molecular complexity index is 1020. The Morgan fingerprint density at radius 2 is 1.82 bits per heavy atom. The number of carbonyl (C=O) groups excluding carboxylic acids is 3. The van der Waals surface area contributed by atoms with Gasteiger partial charge in [0.1, 0.15) is 0 Å². The molecule has 1 aliphatic carbocycles. The molecule has 0 bridgehead atoms. The van der Waals surface area contributed by atoms with E-state index >= 15 is 0 Å². The lowest BCUT2D eigenvalue weighted by atomic mass is 9.97. The van der Waals surface area contributed by atoms with Crippen LogP contribution in [0.4, 0.5) is 0 Å². The van der Waals surface area contributed by atoms with Crippen LogP contribution < -0.4 is 5.32 Å². The zero-order valence-electron chi connectivity index (χ0n) is 18.9. The largest absolute Gasteiger partial charge is 0.459 e. The summed E-state index contributed by atoms with van der Waals surface area (Å²) in [5, 5.41) is 3.04. The van der Waals surface area contributed by atoms with Crippen molar-refractivity contribution in [2.45, 2.75) is 51.1 Å². The predicted molar refractivity (Wildman–Crippen MR) is 122 cm³/mol. The Morgan fingerprint density at radius 1 is 0.970 bits per heavy atom. The number of amides is 3. The van der Waals surface area contributed by atoms with Crippen LogP contribution in [-0.2, 0) is 22.6 Å². The summed E-state index contributed by atoms with van der Waals surface area (Å²) in [6.45, 7) is 2.53. The Hall–Kier alpha value is -3.09. The molecule has 1 aromatic carbocycles. The van der Waals surface area contributed by atoms with Crippen molar-refractivity contribution in [3.05, 3.63) is 59.5 Å². The summed E-state index contributed by atoms with van der Waals surface area (Å²) in [5.74, 6) is -0.489. The molecular weight excluding hydrogens is 418 g/mol. The molecule has 0 unspecified atom stereocenters. The standard InChI is InChI=1S/C26H31N3O4/c30-24-21-15-20(25(31)28-13-10-18-7-2-3-8-19(18)17-28)16-22(21)29(12-5-1-4-11-27-24)26(32)23-9-6-14-33-23/h2-3,6-9,14,20-22H,1,4-5,10-13,15-17H2,(H,27,30)/t20-,21-,22+/m0/s1. The average molecular weight is 450 g/mol. The van der Waals surface area contributed by atoms with E-state index in [4.69, 9.17) is 4.42 Å². The third-order valence-corrected chi connectivity index (χ3v) is 7.43. The van der Waals surface area contributed by atoms with E-state index in [-0.39, 0.29) is 41.4 Å². The van der Waals surface area contributed by atoms with Gasteiger partial charge in [0.15, 0.2) is 5.76 Å². The molecule has 33 heavy (non-hydrogen) atoms. The predicted octanol–water partition coefficient (Wildman–Crippen LogP) is 3.00. The molecule has 2 aromatic rings. The number of rotatable bonds is 2. The number of fused-ring (bicyclic) bond motifs is 2. The van der Waals surface area contributed by atoms with Crippen molar-refractivity contribution in [3.63, 3.8) is 0 Å². The first-order valence-electron chi connectivity index (χ1n) is 12.1. The lowest BCUT2D eigenvalue weighted by molar-refractivity contribution is -0.136. The Balaban J connectivity index is 1.37. The molecule has 3 amide bonds. The lowest BCUT2D eigenvalue weighted by Crippen LogP contribution is -2.48. The minimum atomic E-state index is -0.381. The SMILES string of the molecule is O=C1NCCCCCN(C(=O)c2ccco2)[C@@H]2C[C@@H](C(=O)N3CCc4ccccc4C3)C[C@H]12. The molecule has 0 spiro atoms. The maximum Gasteiger partial charge on any atom is 0.289 e. The van der Waals surface area contributed by atoms with Crippen LogP contribution in [-0.4, -0.2) is 53.2 Å². The van der Waals surface area contributed by atoms with Crippen molar-refractivity contribution < 1.29 is 18.8 Å². The smallest absolute Gasteiger partial charge is 0.289 e. The quantitative estimate of drug-likeness (QED) is 0.764. The average Bonchev–Trinajstić information content (AvgIpc) is 3.53. The van der Waals surface area contributed by atoms with Crippen LogP contribution in [0.15, 0.2) is 47.1 Å². The number of nitrogens with one attached hydrogen (secondary N) is 1. The summed E-state index contributed by atoms with van der Waals surface area (Å²) >= 11 is 0. The fraction of sp³-hybridized carbons (Fsp3) is 0.500. The van der Waals surface area contributed by atoms with E-state index in [0.717, 1.165) is 25.7 Å². The van der Waals surface area contributed by atoms with Crippen LogP contribution in [0.5, 0.6) is 0 Å². The molecule has 2 fully saturated rings. The van der Waals surface area contributed by atoms with Gasteiger partial charge in [-0.05, 0) is 61.8 Å². The van der Waals surface area contributed by atoms with Crippen LogP contribution in [0, 0.1) is 11.8 Å². The van der Waals surface area contributed by atoms with Gasteiger partial charge in [-0.15, -0.1) is 0 Å². The summed E-state index contributed by atoms with van der Waals surface area (Å²) in [5.41, 5.74) is 2.50. The number of hydrogen-bond donors (Lipinski definition) is 1. The number of hydrogen-bond acceptors (Lipinski definition) is 4. The summed E-state index contributed by atoms with van der Waals surface area (Å²) in [4.78, 5) is 43.6. The summed E-state index contributed by atoms with van der Waals surface area (Å²) in [6.07, 6.45) is 6.04. The van der Waals surface area contributed by atoms with E-state index in [1.807, 2.05) is 17.0 Å². The van der Waals surface area contributed by atoms with Gasteiger partial charge in [-0.3, -0.25) is 14.4 Å². The van der Waals surface area contributed by atoms with E-state index in [1.165, 1.54) is 17.4 Å². The lowest BCUT2D eigenvalue weighted by Gasteiger charge is -2.33. The van der Waals surface area contributed by atoms with Crippen molar-refractivity contribution >= 4 is 17.7 Å². The highest BCUT2D eigenvalue weighted by molar-refractivity contribution is 5.93. The fourth-order valence-electron chi connectivity index (χ4n) is 5.67. The number of benzene rings is 1. The molecule has 174 valence electrons. The molecular formula is C26H31N3O4. The molecule has 1 saturated heterocycles. The molecule has 3 aliphatic rings. The summed E-state index contributed by atoms with van der Waals surface area (Å²) < 4.78 is 5.39. The number of nitrogens with zero attached hydrogens (tertiary/aromatic N) is 2. The molecule has 7 nitrogen and oxygen atoms in total. The minimum Gasteiger partial charge on any atom is -0.459 e. The van der Waals surface area contributed by atoms with Crippen molar-refractivity contribution in [3.8, 4) is 0 Å². The van der Waals surface area contributed by atoms with Gasteiger partial charge in [-0.1, -0.05) is 24.3 Å². The van der Waals surface area contributed by atoms with Gasteiger partial charge in [0, 0.05) is 38.1 Å². The maximum atomic E-state index is 13.5. The summed E-state index contributed by atoms with van der Waals surface area (Å²) in [6, 6.07) is 11.3. The van der Waals surface area contributed by atoms with Crippen LogP contribution in [0.3, 0.4) is 0 Å². The second-order valence-corrected chi connectivity index (χ2v) is 9.45. The molecule has 2 aliphatic heterocycles. The van der Waals surface area contributed by atoms with Crippen molar-refractivity contribution in [2.75, 3.05) is 19.6 Å². The van der Waals surface area contributed by atoms with Gasteiger partial charge in [-0.25, -0.2) is 0 Å². The first-order chi connectivity index (χ1) is 16.1. The van der Waals surface area contributed by atoms with Crippen LogP contribution in [0.1, 0.15) is 53.8 Å². The Kier molecular flexibility index (Phi) is 6.20. The monoisotopic (exact) mass is 449 g/mol.